The van der Waals surface area contributed by atoms with Crippen LogP contribution in [0.2, 0.25) is 0 Å². The minimum atomic E-state index is 0.336. The van der Waals surface area contributed by atoms with Gasteiger partial charge in [0, 0.05) is 12.6 Å². The summed E-state index contributed by atoms with van der Waals surface area (Å²) in [6, 6.07) is 2.46. The molecule has 2 heterocycles. The average molecular weight is 291 g/mol. The molecule has 4 nitrogen and oxygen atoms in total. The van der Waals surface area contributed by atoms with E-state index in [9.17, 15) is 4.79 Å². The van der Waals surface area contributed by atoms with Crippen molar-refractivity contribution in [2.24, 2.45) is 5.92 Å². The van der Waals surface area contributed by atoms with E-state index >= 15 is 0 Å². The highest BCUT2D eigenvalue weighted by Crippen LogP contribution is 2.19. The molecule has 1 saturated heterocycles. The van der Waals surface area contributed by atoms with Gasteiger partial charge in [0.25, 0.3) is 0 Å². The summed E-state index contributed by atoms with van der Waals surface area (Å²) < 4.78 is 2.02. The number of aromatic nitrogens is 2. The van der Waals surface area contributed by atoms with Crippen molar-refractivity contribution >= 4 is 5.78 Å². The van der Waals surface area contributed by atoms with Crippen LogP contribution in [0.15, 0.2) is 12.3 Å². The molecule has 1 N–H and O–H groups in total. The first-order valence-corrected chi connectivity index (χ1v) is 8.49. The maximum absolute atomic E-state index is 12.1. The van der Waals surface area contributed by atoms with E-state index in [1.165, 1.54) is 12.8 Å². The van der Waals surface area contributed by atoms with E-state index in [4.69, 9.17) is 0 Å². The van der Waals surface area contributed by atoms with Crippen molar-refractivity contribution in [1.29, 1.82) is 0 Å². The van der Waals surface area contributed by atoms with Gasteiger partial charge in [-0.3, -0.25) is 9.48 Å². The minimum absolute atomic E-state index is 0.336. The van der Waals surface area contributed by atoms with Crippen LogP contribution < -0.4 is 5.32 Å². The fraction of sp³-hybridized carbons (Fsp3) is 0.765. The van der Waals surface area contributed by atoms with Gasteiger partial charge in [0.1, 0.15) is 5.78 Å². The Morgan fingerprint density at radius 3 is 2.76 bits per heavy atom. The van der Waals surface area contributed by atoms with E-state index in [0.717, 1.165) is 44.0 Å². The van der Waals surface area contributed by atoms with Crippen molar-refractivity contribution < 1.29 is 4.79 Å². The van der Waals surface area contributed by atoms with Crippen molar-refractivity contribution in [3.05, 3.63) is 18.0 Å². The SMILES string of the molecule is CCC(CC)n1ccc(CC(=O)CCC2CCNCC2)n1. The number of carbonyl (C=O) groups excluding carboxylic acids is 1. The van der Waals surface area contributed by atoms with Crippen molar-refractivity contribution in [2.45, 2.75) is 64.8 Å². The van der Waals surface area contributed by atoms with Crippen molar-refractivity contribution in [2.75, 3.05) is 13.1 Å². The topological polar surface area (TPSA) is 46.9 Å². The van der Waals surface area contributed by atoms with E-state index in [2.05, 4.69) is 24.3 Å². The Morgan fingerprint density at radius 1 is 1.38 bits per heavy atom. The minimum Gasteiger partial charge on any atom is -0.317 e. The second kappa shape index (κ2) is 8.32. The van der Waals surface area contributed by atoms with Gasteiger partial charge in [-0.25, -0.2) is 0 Å². The summed E-state index contributed by atoms with van der Waals surface area (Å²) in [5.41, 5.74) is 0.928. The van der Waals surface area contributed by atoms with Crippen LogP contribution in [0.4, 0.5) is 0 Å². The molecule has 4 heteroatoms. The predicted octanol–water partition coefficient (Wildman–Crippen LogP) is 3.14. The Balaban J connectivity index is 1.77. The first-order chi connectivity index (χ1) is 10.2. The van der Waals surface area contributed by atoms with E-state index < -0.39 is 0 Å². The second-order valence-corrected chi connectivity index (χ2v) is 6.20. The molecular formula is C17H29N3O. The molecule has 1 aromatic rings. The number of hydrogen-bond acceptors (Lipinski definition) is 3. The maximum Gasteiger partial charge on any atom is 0.138 e. The summed E-state index contributed by atoms with van der Waals surface area (Å²) in [5.74, 6) is 1.07. The third kappa shape index (κ3) is 4.95. The number of nitrogens with one attached hydrogen (secondary N) is 1. The number of hydrogen-bond donors (Lipinski definition) is 1. The molecular weight excluding hydrogens is 262 g/mol. The van der Waals surface area contributed by atoms with Gasteiger partial charge in [-0.05, 0) is 57.2 Å². The van der Waals surface area contributed by atoms with Crippen LogP contribution in [0, 0.1) is 5.92 Å². The molecule has 0 aliphatic carbocycles. The lowest BCUT2D eigenvalue weighted by molar-refractivity contribution is -0.118. The molecule has 1 aliphatic heterocycles. The van der Waals surface area contributed by atoms with Crippen molar-refractivity contribution in [1.82, 2.24) is 15.1 Å². The monoisotopic (exact) mass is 291 g/mol. The molecule has 21 heavy (non-hydrogen) atoms. The van der Waals surface area contributed by atoms with Gasteiger partial charge in [-0.15, -0.1) is 0 Å². The number of nitrogens with zero attached hydrogens (tertiary/aromatic N) is 2. The third-order valence-corrected chi connectivity index (χ3v) is 4.65. The zero-order valence-corrected chi connectivity index (χ0v) is 13.5. The largest absolute Gasteiger partial charge is 0.317 e. The van der Waals surface area contributed by atoms with E-state index in [1.54, 1.807) is 0 Å². The summed E-state index contributed by atoms with van der Waals surface area (Å²) in [7, 11) is 0. The van der Waals surface area contributed by atoms with Gasteiger partial charge in [0.2, 0.25) is 0 Å². The first-order valence-electron chi connectivity index (χ1n) is 8.49. The first kappa shape index (κ1) is 16.2. The Labute approximate surface area is 128 Å². The average Bonchev–Trinajstić information content (AvgIpc) is 2.96. The molecule has 1 aliphatic rings. The fourth-order valence-corrected chi connectivity index (χ4v) is 3.16. The van der Waals surface area contributed by atoms with Gasteiger partial charge in [0.15, 0.2) is 0 Å². The van der Waals surface area contributed by atoms with Crippen LogP contribution >= 0.6 is 0 Å². The third-order valence-electron chi connectivity index (χ3n) is 4.65. The van der Waals surface area contributed by atoms with E-state index in [1.807, 2.05) is 16.9 Å². The molecule has 0 unspecified atom stereocenters. The van der Waals surface area contributed by atoms with E-state index in [0.29, 0.717) is 24.7 Å². The quantitative estimate of drug-likeness (QED) is 0.800. The summed E-state index contributed by atoms with van der Waals surface area (Å²) in [6.07, 6.45) is 8.89. The second-order valence-electron chi connectivity index (χ2n) is 6.20. The smallest absolute Gasteiger partial charge is 0.138 e. The molecule has 0 radical (unpaired) electrons. The van der Waals surface area contributed by atoms with Crippen LogP contribution in [0.5, 0.6) is 0 Å². The van der Waals surface area contributed by atoms with Crippen LogP contribution in [0.3, 0.4) is 0 Å². The Bertz CT molecular complexity index is 431. The van der Waals surface area contributed by atoms with Crippen LogP contribution in [-0.4, -0.2) is 28.7 Å². The summed E-state index contributed by atoms with van der Waals surface area (Å²) >= 11 is 0. The van der Waals surface area contributed by atoms with Crippen LogP contribution in [0.25, 0.3) is 0 Å². The lowest BCUT2D eigenvalue weighted by Crippen LogP contribution is -2.28. The molecule has 0 aromatic carbocycles. The number of rotatable bonds is 8. The van der Waals surface area contributed by atoms with Crippen molar-refractivity contribution in [3.8, 4) is 0 Å². The number of carbonyl (C=O) groups is 1. The molecule has 0 atom stereocenters. The van der Waals surface area contributed by atoms with Gasteiger partial charge in [0.05, 0.1) is 18.2 Å². The predicted molar refractivity (Wildman–Crippen MR) is 85.4 cm³/mol. The van der Waals surface area contributed by atoms with Gasteiger partial charge < -0.3 is 5.32 Å². The molecule has 0 saturated carbocycles. The molecule has 1 fully saturated rings. The normalized spacial score (nSPS) is 16.5. The molecule has 2 rings (SSSR count). The van der Waals surface area contributed by atoms with Crippen LogP contribution in [-0.2, 0) is 11.2 Å². The lowest BCUT2D eigenvalue weighted by atomic mass is 9.92. The summed E-state index contributed by atoms with van der Waals surface area (Å²) in [5, 5.41) is 7.94. The summed E-state index contributed by atoms with van der Waals surface area (Å²) in [4.78, 5) is 12.1. The highest BCUT2D eigenvalue weighted by Gasteiger charge is 2.15. The van der Waals surface area contributed by atoms with Gasteiger partial charge in [-0.2, -0.15) is 5.10 Å². The Kier molecular flexibility index (Phi) is 6.43. The molecule has 1 aromatic heterocycles. The zero-order valence-electron chi connectivity index (χ0n) is 13.5. The van der Waals surface area contributed by atoms with E-state index in [-0.39, 0.29) is 0 Å². The molecule has 0 bridgehead atoms. The molecule has 118 valence electrons. The standard InChI is InChI=1S/C17H29N3O/c1-3-16(4-2)20-12-9-15(19-20)13-17(21)6-5-14-7-10-18-11-8-14/h9,12,14,16,18H,3-8,10-11,13H2,1-2H3. The Morgan fingerprint density at radius 2 is 2.10 bits per heavy atom. The van der Waals surface area contributed by atoms with Gasteiger partial charge in [-0.1, -0.05) is 13.8 Å². The molecule has 0 amide bonds. The van der Waals surface area contributed by atoms with Crippen molar-refractivity contribution in [3.63, 3.8) is 0 Å². The Hall–Kier alpha value is -1.16. The number of Topliss-reactive ketones (excluding diaryl/α,β-unsaturated/α-hetero) is 1. The lowest BCUT2D eigenvalue weighted by Gasteiger charge is -2.21. The highest BCUT2D eigenvalue weighted by molar-refractivity contribution is 5.80. The summed E-state index contributed by atoms with van der Waals surface area (Å²) in [6.45, 7) is 6.58. The maximum atomic E-state index is 12.1. The fourth-order valence-electron chi connectivity index (χ4n) is 3.16. The number of piperidine rings is 1. The van der Waals surface area contributed by atoms with Crippen LogP contribution in [0.1, 0.15) is 64.1 Å². The zero-order chi connectivity index (χ0) is 15.1. The molecule has 0 spiro atoms. The van der Waals surface area contributed by atoms with Gasteiger partial charge >= 0.3 is 0 Å². The number of ketones is 1. The highest BCUT2D eigenvalue weighted by atomic mass is 16.1.